The van der Waals surface area contributed by atoms with Crippen molar-refractivity contribution in [2.24, 2.45) is 0 Å². The van der Waals surface area contributed by atoms with Crippen LogP contribution in [0.5, 0.6) is 5.75 Å². The van der Waals surface area contributed by atoms with Crippen LogP contribution >= 0.6 is 0 Å². The molecule has 0 bridgehead atoms. The van der Waals surface area contributed by atoms with Gasteiger partial charge in [-0.3, -0.25) is 0 Å². The summed E-state index contributed by atoms with van der Waals surface area (Å²) in [5.74, 6) is 0.926. The zero-order valence-electron chi connectivity index (χ0n) is 12.8. The molecule has 108 valence electrons. The van der Waals surface area contributed by atoms with Gasteiger partial charge in [0, 0.05) is 12.6 Å². The van der Waals surface area contributed by atoms with Crippen LogP contribution in [0.1, 0.15) is 25.3 Å². The summed E-state index contributed by atoms with van der Waals surface area (Å²) >= 11 is 0. The van der Waals surface area contributed by atoms with Crippen LogP contribution in [0.15, 0.2) is 24.3 Å². The molecule has 1 heterocycles. The first kappa shape index (κ1) is 16.0. The minimum absolute atomic E-state index is 0.651. The zero-order chi connectivity index (χ0) is 14.1. The van der Waals surface area contributed by atoms with Gasteiger partial charge in [0.1, 0.15) is 5.75 Å². The first-order chi connectivity index (χ1) is 9.15. The lowest BCUT2D eigenvalue weighted by Crippen LogP contribution is -2.35. The maximum Gasteiger partial charge on any atom is 0.119 e. The minimum atomic E-state index is 0.651. The molecule has 3 heteroatoms. The van der Waals surface area contributed by atoms with E-state index in [1.54, 1.807) is 7.11 Å². The molecule has 19 heavy (non-hydrogen) atoms. The smallest absolute Gasteiger partial charge is 0.119 e. The molecule has 1 aromatic carbocycles. The topological polar surface area (TPSA) is 24.5 Å². The van der Waals surface area contributed by atoms with Crippen molar-refractivity contribution in [3.63, 3.8) is 0 Å². The molecule has 1 aliphatic rings. The van der Waals surface area contributed by atoms with Gasteiger partial charge in [-0.25, -0.2) is 0 Å². The summed E-state index contributed by atoms with van der Waals surface area (Å²) in [6.07, 6.45) is 2.80. The van der Waals surface area contributed by atoms with Gasteiger partial charge in [0.05, 0.1) is 7.11 Å². The molecule has 0 aromatic heterocycles. The SMILES string of the molecule is CNC(C)CN1CCCC1.COc1cccc(C)c1. The number of hydrogen-bond acceptors (Lipinski definition) is 3. The number of aryl methyl sites for hydroxylation is 1. The largest absolute Gasteiger partial charge is 0.497 e. The molecular weight excluding hydrogens is 236 g/mol. The third-order valence-electron chi connectivity index (χ3n) is 3.45. The van der Waals surface area contributed by atoms with Gasteiger partial charge in [-0.1, -0.05) is 12.1 Å². The van der Waals surface area contributed by atoms with Crippen LogP contribution < -0.4 is 10.1 Å². The van der Waals surface area contributed by atoms with E-state index >= 15 is 0 Å². The number of likely N-dealkylation sites (N-methyl/N-ethyl adjacent to an activating group) is 1. The number of ether oxygens (including phenoxy) is 1. The van der Waals surface area contributed by atoms with E-state index in [9.17, 15) is 0 Å². The highest BCUT2D eigenvalue weighted by atomic mass is 16.5. The standard InChI is InChI=1S/C8H18N2.C8H10O/c1-8(9-2)7-10-5-3-4-6-10;1-7-4-3-5-8(6-7)9-2/h8-9H,3-7H2,1-2H3;3-6H,1-2H3. The zero-order valence-corrected chi connectivity index (χ0v) is 12.8. The maximum absolute atomic E-state index is 5.00. The van der Waals surface area contributed by atoms with E-state index in [4.69, 9.17) is 4.74 Å². The summed E-state index contributed by atoms with van der Waals surface area (Å²) in [5.41, 5.74) is 1.23. The first-order valence-corrected chi connectivity index (χ1v) is 7.16. The summed E-state index contributed by atoms with van der Waals surface area (Å²) in [5, 5.41) is 3.25. The van der Waals surface area contributed by atoms with Gasteiger partial charge in [-0.15, -0.1) is 0 Å². The van der Waals surface area contributed by atoms with Crippen molar-refractivity contribution in [3.05, 3.63) is 29.8 Å². The summed E-state index contributed by atoms with van der Waals surface area (Å²) in [4.78, 5) is 2.53. The van der Waals surface area contributed by atoms with Gasteiger partial charge in [0.15, 0.2) is 0 Å². The number of likely N-dealkylation sites (tertiary alicyclic amines) is 1. The number of hydrogen-bond donors (Lipinski definition) is 1. The lowest BCUT2D eigenvalue weighted by Gasteiger charge is -2.19. The molecule has 3 nitrogen and oxygen atoms in total. The van der Waals surface area contributed by atoms with Gasteiger partial charge in [-0.2, -0.15) is 0 Å². The number of nitrogens with one attached hydrogen (secondary N) is 1. The van der Waals surface area contributed by atoms with Crippen molar-refractivity contribution in [2.45, 2.75) is 32.7 Å². The lowest BCUT2D eigenvalue weighted by molar-refractivity contribution is 0.305. The Balaban J connectivity index is 0.000000191. The van der Waals surface area contributed by atoms with Crippen LogP contribution in [0.2, 0.25) is 0 Å². The lowest BCUT2D eigenvalue weighted by atomic mass is 10.2. The molecule has 0 amide bonds. The van der Waals surface area contributed by atoms with Crippen molar-refractivity contribution in [2.75, 3.05) is 33.8 Å². The average Bonchev–Trinajstić information content (AvgIpc) is 2.92. The Morgan fingerprint density at radius 3 is 2.47 bits per heavy atom. The highest BCUT2D eigenvalue weighted by Crippen LogP contribution is 2.10. The van der Waals surface area contributed by atoms with Crippen LogP contribution in [-0.4, -0.2) is 44.7 Å². The van der Waals surface area contributed by atoms with Crippen molar-refractivity contribution < 1.29 is 4.74 Å². The Hall–Kier alpha value is -1.06. The normalized spacial score (nSPS) is 16.6. The van der Waals surface area contributed by atoms with E-state index in [0.717, 1.165) is 5.75 Å². The maximum atomic E-state index is 5.00. The molecule has 0 saturated carbocycles. The number of nitrogens with zero attached hydrogens (tertiary/aromatic N) is 1. The van der Waals surface area contributed by atoms with Crippen LogP contribution in [-0.2, 0) is 0 Å². The average molecular weight is 264 g/mol. The molecule has 1 fully saturated rings. The van der Waals surface area contributed by atoms with Crippen molar-refractivity contribution in [1.29, 1.82) is 0 Å². The van der Waals surface area contributed by atoms with Crippen molar-refractivity contribution in [1.82, 2.24) is 10.2 Å². The van der Waals surface area contributed by atoms with Crippen LogP contribution in [0.25, 0.3) is 0 Å². The van der Waals surface area contributed by atoms with E-state index in [-0.39, 0.29) is 0 Å². The van der Waals surface area contributed by atoms with Crippen LogP contribution in [0.3, 0.4) is 0 Å². The molecule has 1 atom stereocenters. The summed E-state index contributed by atoms with van der Waals surface area (Å²) < 4.78 is 5.00. The first-order valence-electron chi connectivity index (χ1n) is 7.16. The van der Waals surface area contributed by atoms with E-state index in [0.29, 0.717) is 6.04 Å². The van der Waals surface area contributed by atoms with E-state index in [2.05, 4.69) is 17.1 Å². The number of methoxy groups -OCH3 is 1. The fourth-order valence-electron chi connectivity index (χ4n) is 2.19. The summed E-state index contributed by atoms with van der Waals surface area (Å²) in [6, 6.07) is 8.61. The van der Waals surface area contributed by atoms with Gasteiger partial charge in [-0.05, 0) is 64.5 Å². The van der Waals surface area contributed by atoms with Gasteiger partial charge in [0.2, 0.25) is 0 Å². The fraction of sp³-hybridized carbons (Fsp3) is 0.625. The Morgan fingerprint density at radius 2 is 2.00 bits per heavy atom. The monoisotopic (exact) mass is 264 g/mol. The highest BCUT2D eigenvalue weighted by molar-refractivity contribution is 5.27. The van der Waals surface area contributed by atoms with Gasteiger partial charge >= 0.3 is 0 Å². The Bertz CT molecular complexity index is 348. The molecule has 1 saturated heterocycles. The molecule has 0 aliphatic carbocycles. The van der Waals surface area contributed by atoms with Crippen molar-refractivity contribution >= 4 is 0 Å². The third-order valence-corrected chi connectivity index (χ3v) is 3.45. The number of benzene rings is 1. The van der Waals surface area contributed by atoms with Crippen molar-refractivity contribution in [3.8, 4) is 5.75 Å². The summed E-state index contributed by atoms with van der Waals surface area (Å²) in [7, 11) is 3.70. The molecule has 0 spiro atoms. The molecule has 1 aromatic rings. The van der Waals surface area contributed by atoms with E-state index in [1.165, 1.54) is 38.0 Å². The Kier molecular flexibility index (Phi) is 7.53. The second kappa shape index (κ2) is 8.94. The second-order valence-electron chi connectivity index (χ2n) is 5.22. The predicted molar refractivity (Wildman–Crippen MR) is 81.9 cm³/mol. The highest BCUT2D eigenvalue weighted by Gasteiger charge is 2.12. The molecule has 1 unspecified atom stereocenters. The van der Waals surface area contributed by atoms with Gasteiger partial charge < -0.3 is 15.0 Å². The Labute approximate surface area is 118 Å². The van der Waals surface area contributed by atoms with E-state index < -0.39 is 0 Å². The number of rotatable bonds is 4. The van der Waals surface area contributed by atoms with E-state index in [1.807, 2.05) is 38.2 Å². The Morgan fingerprint density at radius 1 is 1.32 bits per heavy atom. The van der Waals surface area contributed by atoms with Gasteiger partial charge in [0.25, 0.3) is 0 Å². The predicted octanol–water partition coefficient (Wildman–Crippen LogP) is 2.69. The molecular formula is C16H28N2O. The quantitative estimate of drug-likeness (QED) is 0.905. The third kappa shape index (κ3) is 6.60. The minimum Gasteiger partial charge on any atom is -0.497 e. The second-order valence-corrected chi connectivity index (χ2v) is 5.22. The molecule has 1 N–H and O–H groups in total. The molecule has 0 radical (unpaired) electrons. The summed E-state index contributed by atoms with van der Waals surface area (Å²) in [6.45, 7) is 8.12. The van der Waals surface area contributed by atoms with Crippen LogP contribution in [0.4, 0.5) is 0 Å². The molecule has 1 aliphatic heterocycles. The van der Waals surface area contributed by atoms with Crippen LogP contribution in [0, 0.1) is 6.92 Å². The fourth-order valence-corrected chi connectivity index (χ4v) is 2.19. The molecule has 2 rings (SSSR count).